The van der Waals surface area contributed by atoms with E-state index in [9.17, 15) is 0 Å². The minimum absolute atomic E-state index is 0. The van der Waals surface area contributed by atoms with Crippen molar-refractivity contribution in [1.29, 1.82) is 0 Å². The summed E-state index contributed by atoms with van der Waals surface area (Å²) in [4.78, 5) is 8.89. The van der Waals surface area contributed by atoms with Gasteiger partial charge in [-0.3, -0.25) is 0 Å². The zero-order valence-electron chi connectivity index (χ0n) is 4.76. The molecule has 0 aliphatic heterocycles. The van der Waals surface area contributed by atoms with Gasteiger partial charge in [0.15, 0.2) is 0 Å². The van der Waals surface area contributed by atoms with E-state index in [1.165, 1.54) is 0 Å². The molecule has 1 heterocycles. The molecule has 1 radical (unpaired) electrons. The number of rotatable bonds is 0. The molecule has 0 aliphatic carbocycles. The van der Waals surface area contributed by atoms with Crippen LogP contribution in [0, 0.1) is 0 Å². The van der Waals surface area contributed by atoms with Crippen LogP contribution >= 0.6 is 0 Å². The fourth-order valence-corrected chi connectivity index (χ4v) is 0.343. The van der Waals surface area contributed by atoms with Gasteiger partial charge in [-0.2, -0.15) is 0 Å². The van der Waals surface area contributed by atoms with Crippen molar-refractivity contribution in [2.45, 2.75) is 0 Å². The minimum atomic E-state index is -0.708. The van der Waals surface area contributed by atoms with Gasteiger partial charge in [0.25, 0.3) is 0 Å². The SMILES string of the molecule is Oc1nc(O)nc(O)n1.[Y]. The Morgan fingerprint density at radius 2 is 0.900 bits per heavy atom. The molecule has 0 saturated carbocycles. The summed E-state index contributed by atoms with van der Waals surface area (Å²) in [7, 11) is 0. The molecule has 0 aliphatic rings. The van der Waals surface area contributed by atoms with Gasteiger partial charge in [-0.1, -0.05) is 0 Å². The molecule has 0 atom stereocenters. The van der Waals surface area contributed by atoms with E-state index < -0.39 is 18.0 Å². The van der Waals surface area contributed by atoms with Crippen molar-refractivity contribution in [2.75, 3.05) is 0 Å². The third-order valence-corrected chi connectivity index (χ3v) is 0.600. The predicted octanol–water partition coefficient (Wildman–Crippen LogP) is -1.01. The van der Waals surface area contributed by atoms with E-state index in [4.69, 9.17) is 15.3 Å². The van der Waals surface area contributed by atoms with E-state index in [0.29, 0.717) is 0 Å². The van der Waals surface area contributed by atoms with E-state index in [1.54, 1.807) is 0 Å². The summed E-state index contributed by atoms with van der Waals surface area (Å²) < 4.78 is 0. The summed E-state index contributed by atoms with van der Waals surface area (Å²) in [5, 5.41) is 25.2. The van der Waals surface area contributed by atoms with E-state index in [-0.39, 0.29) is 32.7 Å². The third-order valence-electron chi connectivity index (χ3n) is 0.600. The number of aromatic nitrogens is 3. The van der Waals surface area contributed by atoms with Crippen molar-refractivity contribution in [1.82, 2.24) is 15.0 Å². The van der Waals surface area contributed by atoms with Crippen molar-refractivity contribution >= 4 is 0 Å². The first-order valence-electron chi connectivity index (χ1n) is 2.01. The zero-order chi connectivity index (χ0) is 6.85. The van der Waals surface area contributed by atoms with Crippen LogP contribution in [0.3, 0.4) is 0 Å². The second kappa shape index (κ2) is 3.63. The molecule has 51 valence electrons. The number of aromatic hydroxyl groups is 3. The van der Waals surface area contributed by atoms with E-state index >= 15 is 0 Å². The van der Waals surface area contributed by atoms with Gasteiger partial charge >= 0.3 is 18.0 Å². The zero-order valence-corrected chi connectivity index (χ0v) is 7.60. The van der Waals surface area contributed by atoms with Crippen LogP contribution in [-0.4, -0.2) is 30.3 Å². The van der Waals surface area contributed by atoms with Crippen molar-refractivity contribution < 1.29 is 48.0 Å². The predicted molar refractivity (Wildman–Crippen MR) is 24.8 cm³/mol. The average molecular weight is 218 g/mol. The topological polar surface area (TPSA) is 99.4 Å². The van der Waals surface area contributed by atoms with Gasteiger partial charge in [0.2, 0.25) is 0 Å². The second-order valence-electron chi connectivity index (χ2n) is 1.24. The monoisotopic (exact) mass is 218 g/mol. The second-order valence-corrected chi connectivity index (χ2v) is 1.24. The normalized spacial score (nSPS) is 8.40. The van der Waals surface area contributed by atoms with Crippen molar-refractivity contribution in [3.05, 3.63) is 0 Å². The minimum Gasteiger partial charge on any atom is -0.479 e. The van der Waals surface area contributed by atoms with Crippen LogP contribution in [0.4, 0.5) is 0 Å². The summed E-state index contributed by atoms with van der Waals surface area (Å²) in [6.07, 6.45) is 0. The fourth-order valence-electron chi connectivity index (χ4n) is 0.343. The molecule has 3 N–H and O–H groups in total. The molecule has 0 fully saturated rings. The molecule has 0 amide bonds. The molecule has 0 aromatic carbocycles. The maximum atomic E-state index is 8.41. The Bertz CT molecular complexity index is 180. The molecule has 1 aromatic heterocycles. The Hall–Kier alpha value is -0.486. The van der Waals surface area contributed by atoms with Crippen LogP contribution in [0.2, 0.25) is 0 Å². The van der Waals surface area contributed by atoms with Crippen LogP contribution in [0.15, 0.2) is 0 Å². The Morgan fingerprint density at radius 1 is 0.700 bits per heavy atom. The van der Waals surface area contributed by atoms with Gasteiger partial charge in [0.1, 0.15) is 0 Å². The van der Waals surface area contributed by atoms with Crippen LogP contribution in [0.25, 0.3) is 0 Å². The molecule has 1 rings (SSSR count). The van der Waals surface area contributed by atoms with Crippen LogP contribution in [-0.2, 0) is 32.7 Å². The van der Waals surface area contributed by atoms with Crippen molar-refractivity contribution in [3.63, 3.8) is 0 Å². The molecular weight excluding hydrogens is 215 g/mol. The van der Waals surface area contributed by atoms with Crippen LogP contribution in [0.1, 0.15) is 0 Å². The Balaban J connectivity index is 0.000000810. The summed E-state index contributed by atoms with van der Waals surface area (Å²) in [6.45, 7) is 0. The first-order valence-corrected chi connectivity index (χ1v) is 2.01. The molecule has 0 saturated heterocycles. The molecule has 0 spiro atoms. The third kappa shape index (κ3) is 2.40. The quantitative estimate of drug-likeness (QED) is 0.515. The van der Waals surface area contributed by atoms with Crippen LogP contribution in [0.5, 0.6) is 18.0 Å². The molecule has 7 heteroatoms. The molecule has 0 bridgehead atoms. The van der Waals surface area contributed by atoms with Crippen molar-refractivity contribution in [2.24, 2.45) is 0 Å². The summed E-state index contributed by atoms with van der Waals surface area (Å²) in [5.41, 5.74) is 0. The first-order chi connectivity index (χ1) is 4.18. The van der Waals surface area contributed by atoms with E-state index in [2.05, 4.69) is 15.0 Å². The molecular formula is C3H3N3O3Y. The summed E-state index contributed by atoms with van der Waals surface area (Å²) in [5.74, 6) is 0. The number of hydrogen-bond donors (Lipinski definition) is 3. The number of hydrogen-bond acceptors (Lipinski definition) is 6. The molecule has 10 heavy (non-hydrogen) atoms. The summed E-state index contributed by atoms with van der Waals surface area (Å²) >= 11 is 0. The van der Waals surface area contributed by atoms with Crippen molar-refractivity contribution in [3.8, 4) is 18.0 Å². The summed E-state index contributed by atoms with van der Waals surface area (Å²) in [6, 6.07) is -2.12. The smallest absolute Gasteiger partial charge is 0.323 e. The maximum absolute atomic E-state index is 8.41. The van der Waals surface area contributed by atoms with Gasteiger partial charge in [0, 0.05) is 32.7 Å². The van der Waals surface area contributed by atoms with E-state index in [1.807, 2.05) is 0 Å². The van der Waals surface area contributed by atoms with Crippen LogP contribution < -0.4 is 0 Å². The standard InChI is InChI=1S/C3H3N3O3.Y/c7-1-4-2(8)6-3(9)5-1;/h(H3,4,5,6,7,8,9);. The maximum Gasteiger partial charge on any atom is 0.323 e. The Labute approximate surface area is 80.9 Å². The molecule has 6 nitrogen and oxygen atoms in total. The Kier molecular flexibility index (Phi) is 3.45. The van der Waals surface area contributed by atoms with Gasteiger partial charge < -0.3 is 15.3 Å². The molecule has 1 aromatic rings. The van der Waals surface area contributed by atoms with Gasteiger partial charge in [-0.15, -0.1) is 15.0 Å². The van der Waals surface area contributed by atoms with Gasteiger partial charge in [0.05, 0.1) is 0 Å². The van der Waals surface area contributed by atoms with Gasteiger partial charge in [-0.25, -0.2) is 0 Å². The van der Waals surface area contributed by atoms with E-state index in [0.717, 1.165) is 0 Å². The first kappa shape index (κ1) is 9.51. The average Bonchev–Trinajstić information content (AvgIpc) is 1.59. The Morgan fingerprint density at radius 3 is 1.10 bits per heavy atom. The number of nitrogens with zero attached hydrogens (tertiary/aromatic N) is 3. The fraction of sp³-hybridized carbons (Fsp3) is 0. The largest absolute Gasteiger partial charge is 0.479 e. The molecule has 0 unspecified atom stereocenters. The van der Waals surface area contributed by atoms with Gasteiger partial charge in [-0.05, 0) is 0 Å².